The Morgan fingerprint density at radius 3 is 1.79 bits per heavy atom. The normalized spacial score (nSPS) is 9.71. The Morgan fingerprint density at radius 1 is 1.00 bits per heavy atom. The number of hydrogen-bond donors (Lipinski definition) is 0. The van der Waals surface area contributed by atoms with Gasteiger partial charge in [-0.15, -0.1) is 0 Å². The molecule has 1 aromatic rings. The zero-order valence-corrected chi connectivity index (χ0v) is 11.1. The molecule has 1 nitrogen and oxygen atoms in total. The van der Waals surface area contributed by atoms with Gasteiger partial charge in [0.25, 0.3) is 0 Å². The minimum atomic E-state index is -1.38. The van der Waals surface area contributed by atoms with Crippen LogP contribution in [0.2, 0.25) is 0 Å². The minimum absolute atomic E-state index is 0.200. The number of nitrogens with zero attached hydrogens (tertiary/aromatic N) is 1. The van der Waals surface area contributed by atoms with Gasteiger partial charge in [0.15, 0.2) is 0 Å². The summed E-state index contributed by atoms with van der Waals surface area (Å²) >= 11 is 0.737. The molecule has 0 bridgehead atoms. The van der Waals surface area contributed by atoms with E-state index in [1.807, 2.05) is 26.0 Å². The molecule has 0 unspecified atom stereocenters. The third kappa shape index (κ3) is 4.85. The maximum atomic E-state index is 12.4. The van der Waals surface area contributed by atoms with Crippen molar-refractivity contribution in [3.05, 3.63) is 29.6 Å². The van der Waals surface area contributed by atoms with Crippen molar-refractivity contribution in [3.63, 3.8) is 0 Å². The third-order valence-electron chi connectivity index (χ3n) is 1.04. The first kappa shape index (κ1) is 13.8. The van der Waals surface area contributed by atoms with Crippen molar-refractivity contribution in [2.24, 2.45) is 0 Å². The molecule has 1 aromatic carbocycles. The summed E-state index contributed by atoms with van der Waals surface area (Å²) < 4.78 is 37.0. The van der Waals surface area contributed by atoms with Crippen LogP contribution in [0.3, 0.4) is 0 Å². The van der Waals surface area contributed by atoms with Crippen LogP contribution in [0.5, 0.6) is 0 Å². The van der Waals surface area contributed by atoms with Crippen LogP contribution in [-0.2, 0) is 0 Å². The van der Waals surface area contributed by atoms with Gasteiger partial charge in [-0.3, -0.25) is 0 Å². The van der Waals surface area contributed by atoms with Gasteiger partial charge in [-0.2, -0.15) is 0 Å². The average molecular weight is 309 g/mol. The van der Waals surface area contributed by atoms with Crippen molar-refractivity contribution in [2.45, 2.75) is 0 Å². The van der Waals surface area contributed by atoms with Gasteiger partial charge >= 0.3 is 68.9 Å². The summed E-state index contributed by atoms with van der Waals surface area (Å²) in [4.78, 5) is 2.00. The zero-order chi connectivity index (χ0) is 11.3. The molecule has 5 heteroatoms. The first-order valence-electron chi connectivity index (χ1n) is 3.82. The molecule has 14 heavy (non-hydrogen) atoms. The Labute approximate surface area is 95.0 Å². The van der Waals surface area contributed by atoms with Gasteiger partial charge in [0.2, 0.25) is 0 Å². The van der Waals surface area contributed by atoms with Gasteiger partial charge < -0.3 is 4.90 Å². The van der Waals surface area contributed by atoms with Crippen LogP contribution < -0.4 is 3.58 Å². The summed E-state index contributed by atoms with van der Waals surface area (Å²) in [6.07, 6.45) is 0. The standard InChI is InChI=1S/C6H2F3.C3H9N.Sn/c7-4-2-1-3-5(8)6(4)9;1-4(2)3;/h1-2H;1-3H3;. The molecule has 1 rings (SSSR count). The molecule has 0 amide bonds. The summed E-state index contributed by atoms with van der Waals surface area (Å²) in [6, 6.07) is 2.15. The molecule has 0 saturated heterocycles. The molecular formula is C9H11F3NSn. The van der Waals surface area contributed by atoms with Crippen molar-refractivity contribution in [1.29, 1.82) is 0 Å². The van der Waals surface area contributed by atoms with E-state index in [0.29, 0.717) is 0 Å². The van der Waals surface area contributed by atoms with E-state index in [2.05, 4.69) is 0 Å². The number of rotatable bonds is 0. The third-order valence-corrected chi connectivity index (χ3v) is 2.14. The molecule has 0 fully saturated rings. The fourth-order valence-electron chi connectivity index (χ4n) is 0.526. The van der Waals surface area contributed by atoms with Crippen molar-refractivity contribution >= 4 is 26.1 Å². The Kier molecular flexibility index (Phi) is 6.19. The molecule has 0 aliphatic carbocycles. The van der Waals surface area contributed by atoms with Gasteiger partial charge in [0.05, 0.1) is 0 Å². The van der Waals surface area contributed by atoms with Crippen LogP contribution in [0.4, 0.5) is 13.2 Å². The van der Waals surface area contributed by atoms with E-state index in [1.165, 1.54) is 6.07 Å². The van der Waals surface area contributed by atoms with Crippen molar-refractivity contribution in [2.75, 3.05) is 21.1 Å². The topological polar surface area (TPSA) is 3.24 Å². The van der Waals surface area contributed by atoms with E-state index in [4.69, 9.17) is 0 Å². The van der Waals surface area contributed by atoms with Crippen LogP contribution >= 0.6 is 0 Å². The van der Waals surface area contributed by atoms with E-state index in [0.717, 1.165) is 28.6 Å². The van der Waals surface area contributed by atoms with Gasteiger partial charge in [-0.1, -0.05) is 0 Å². The predicted octanol–water partition coefficient (Wildman–Crippen LogP) is 1.08. The maximum absolute atomic E-state index is 12.4. The van der Waals surface area contributed by atoms with Crippen molar-refractivity contribution in [3.8, 4) is 0 Å². The van der Waals surface area contributed by atoms with Gasteiger partial charge in [0, 0.05) is 0 Å². The summed E-state index contributed by atoms with van der Waals surface area (Å²) in [5.74, 6) is -3.59. The molecule has 0 saturated carbocycles. The molecule has 0 aliphatic heterocycles. The molecule has 0 N–H and O–H groups in total. The molecule has 0 atom stereocenters. The van der Waals surface area contributed by atoms with Crippen LogP contribution in [0, 0.1) is 17.5 Å². The SMILES string of the molecule is CN(C)C.Fc1cc[c]([Sn])c(F)c1F. The van der Waals surface area contributed by atoms with E-state index >= 15 is 0 Å². The van der Waals surface area contributed by atoms with Crippen molar-refractivity contribution < 1.29 is 13.2 Å². The van der Waals surface area contributed by atoms with Crippen molar-refractivity contribution in [1.82, 2.24) is 4.90 Å². The Bertz CT molecular complexity index is 273. The second-order valence-corrected chi connectivity index (χ2v) is 4.60. The Balaban J connectivity index is 0.000000364. The average Bonchev–Trinajstić information content (AvgIpc) is 2.07. The fraction of sp³-hybridized carbons (Fsp3) is 0.333. The first-order chi connectivity index (χ1) is 6.36. The van der Waals surface area contributed by atoms with Crippen LogP contribution in [0.25, 0.3) is 0 Å². The Morgan fingerprint density at radius 2 is 1.43 bits per heavy atom. The number of halogens is 3. The second-order valence-electron chi connectivity index (χ2n) is 3.06. The van der Waals surface area contributed by atoms with Crippen LogP contribution in [0.1, 0.15) is 0 Å². The monoisotopic (exact) mass is 310 g/mol. The molecule has 0 aliphatic rings. The molecule has 3 radical (unpaired) electrons. The zero-order valence-electron chi connectivity index (χ0n) is 8.24. The van der Waals surface area contributed by atoms with E-state index < -0.39 is 17.5 Å². The molecule has 0 aromatic heterocycles. The first-order valence-corrected chi connectivity index (χ1v) is 5.25. The second kappa shape index (κ2) is 6.29. The van der Waals surface area contributed by atoms with Gasteiger partial charge in [-0.05, 0) is 21.1 Å². The van der Waals surface area contributed by atoms with Crippen LogP contribution in [-0.4, -0.2) is 48.6 Å². The van der Waals surface area contributed by atoms with E-state index in [1.54, 1.807) is 0 Å². The summed E-state index contributed by atoms with van der Waals surface area (Å²) in [6.45, 7) is 0. The number of benzene rings is 1. The van der Waals surface area contributed by atoms with E-state index in [-0.39, 0.29) is 3.58 Å². The molecule has 0 heterocycles. The molecular weight excluding hydrogens is 298 g/mol. The van der Waals surface area contributed by atoms with E-state index in [9.17, 15) is 13.2 Å². The van der Waals surface area contributed by atoms with Crippen LogP contribution in [0.15, 0.2) is 12.1 Å². The fourth-order valence-corrected chi connectivity index (χ4v) is 1.08. The summed E-state index contributed by atoms with van der Waals surface area (Å²) in [5, 5.41) is 0. The predicted molar refractivity (Wildman–Crippen MR) is 51.3 cm³/mol. The summed E-state index contributed by atoms with van der Waals surface area (Å²) in [5.41, 5.74) is 0. The van der Waals surface area contributed by atoms with Gasteiger partial charge in [0.1, 0.15) is 0 Å². The number of hydrogen-bond acceptors (Lipinski definition) is 1. The quantitative estimate of drug-likeness (QED) is 0.512. The summed E-state index contributed by atoms with van der Waals surface area (Å²) in [7, 11) is 6.00. The molecule has 0 spiro atoms. The van der Waals surface area contributed by atoms with Gasteiger partial charge in [-0.25, -0.2) is 0 Å². The molecule has 77 valence electrons. The Hall–Kier alpha value is -0.231.